The Balaban J connectivity index is 1.77. The van der Waals surface area contributed by atoms with Crippen LogP contribution in [0.3, 0.4) is 0 Å². The number of H-pyrrole nitrogens is 1. The molecule has 192 valence electrons. The molecule has 1 aliphatic heterocycles. The van der Waals surface area contributed by atoms with Crippen LogP contribution in [0, 0.1) is 17.0 Å². The molecule has 0 saturated heterocycles. The minimum Gasteiger partial charge on any atom is -0.345 e. The molecule has 1 unspecified atom stereocenters. The molecule has 0 spiro atoms. The van der Waals surface area contributed by atoms with Crippen LogP contribution in [0.5, 0.6) is 0 Å². The van der Waals surface area contributed by atoms with E-state index in [-0.39, 0.29) is 40.4 Å². The number of hydrogen-bond donors (Lipinski definition) is 4. The van der Waals surface area contributed by atoms with Crippen molar-refractivity contribution >= 4 is 49.9 Å². The molecule has 1 atom stereocenters. The van der Waals surface area contributed by atoms with Gasteiger partial charge in [0, 0.05) is 29.1 Å². The zero-order valence-electron chi connectivity index (χ0n) is 20.1. The Kier molecular flexibility index (Phi) is 6.96. The molecule has 0 aliphatic carbocycles. The highest BCUT2D eigenvalue weighted by Crippen LogP contribution is 2.29. The van der Waals surface area contributed by atoms with Gasteiger partial charge in [-0.2, -0.15) is 0 Å². The number of guanidine groups is 1. The lowest BCUT2D eigenvalue weighted by Crippen LogP contribution is -2.27. The Labute approximate surface area is 210 Å². The molecular weight excluding hydrogens is 506 g/mol. The topological polar surface area (TPSA) is 167 Å². The van der Waals surface area contributed by atoms with Crippen molar-refractivity contribution in [1.82, 2.24) is 15.4 Å². The lowest BCUT2D eigenvalue weighted by molar-refractivity contribution is -0.143. The summed E-state index contributed by atoms with van der Waals surface area (Å²) in [6.07, 6.45) is 3.08. The quantitative estimate of drug-likeness (QED) is 0.189. The number of rotatable bonds is 9. The van der Waals surface area contributed by atoms with Gasteiger partial charge in [0.1, 0.15) is 16.7 Å². The number of sulfonamides is 1. The molecule has 3 aromatic rings. The van der Waals surface area contributed by atoms with Gasteiger partial charge in [-0.15, -0.1) is 10.2 Å². The smallest absolute Gasteiger partial charge is 0.345 e. The average molecular weight is 530 g/mol. The van der Waals surface area contributed by atoms with E-state index in [0.29, 0.717) is 11.3 Å². The number of nitrogens with zero attached hydrogens (tertiary/aromatic N) is 4. The third kappa shape index (κ3) is 5.15. The predicted octanol–water partition coefficient (Wildman–Crippen LogP) is 3.34. The van der Waals surface area contributed by atoms with Crippen LogP contribution in [0.1, 0.15) is 54.6 Å². The molecule has 0 radical (unpaired) electrons. The first-order valence-electron chi connectivity index (χ1n) is 11.2. The van der Waals surface area contributed by atoms with Gasteiger partial charge in [0.15, 0.2) is 5.82 Å². The second-order valence-electron chi connectivity index (χ2n) is 8.41. The average Bonchev–Trinajstić information content (AvgIpc) is 3.21. The monoisotopic (exact) mass is 529 g/mol. The van der Waals surface area contributed by atoms with Gasteiger partial charge in [-0.3, -0.25) is 9.52 Å². The Morgan fingerprint density at radius 1 is 1.30 bits per heavy atom. The van der Waals surface area contributed by atoms with Gasteiger partial charge in [0.05, 0.1) is 28.6 Å². The van der Waals surface area contributed by atoms with E-state index in [1.807, 2.05) is 0 Å². The van der Waals surface area contributed by atoms with E-state index >= 15 is 4.39 Å². The number of carbonyl (C=O) groups excluding carboxylic acids is 1. The zero-order valence-corrected chi connectivity index (χ0v) is 20.9. The number of aliphatic imine (C=N–C) groups is 1. The van der Waals surface area contributed by atoms with E-state index in [0.717, 1.165) is 12.1 Å². The van der Waals surface area contributed by atoms with Crippen molar-refractivity contribution in [2.24, 2.45) is 10.2 Å². The first-order chi connectivity index (χ1) is 17.5. The summed E-state index contributed by atoms with van der Waals surface area (Å²) in [6.45, 7) is 4.93. The molecule has 11 nitrogen and oxygen atoms in total. The highest BCUT2D eigenvalue weighted by atomic mass is 32.2. The van der Waals surface area contributed by atoms with Crippen LogP contribution in [0.15, 0.2) is 40.8 Å². The molecule has 4 N–H and O–H groups in total. The van der Waals surface area contributed by atoms with Crippen LogP contribution >= 0.6 is 0 Å². The second-order valence-corrected chi connectivity index (χ2v) is 10.2. The minimum atomic E-state index is -3.88. The van der Waals surface area contributed by atoms with Crippen molar-refractivity contribution in [3.63, 3.8) is 0 Å². The van der Waals surface area contributed by atoms with Gasteiger partial charge in [-0.05, 0) is 44.0 Å². The van der Waals surface area contributed by atoms with Gasteiger partial charge in [0.25, 0.3) is 0 Å². The number of anilines is 1. The maximum absolute atomic E-state index is 15.2. The van der Waals surface area contributed by atoms with Crippen molar-refractivity contribution < 1.29 is 26.8 Å². The molecule has 1 aromatic carbocycles. The number of ketones is 1. The first-order valence-corrected chi connectivity index (χ1v) is 12.8. The largest absolute Gasteiger partial charge is 0.482 e. The summed E-state index contributed by atoms with van der Waals surface area (Å²) in [5, 5.41) is 12.0. The molecule has 4 rings (SSSR count). The number of nitrogens with one attached hydrogen (secondary N) is 4. The van der Waals surface area contributed by atoms with Crippen molar-refractivity contribution in [1.29, 1.82) is 5.41 Å². The summed E-state index contributed by atoms with van der Waals surface area (Å²) < 4.78 is 56.2. The van der Waals surface area contributed by atoms with Gasteiger partial charge >= 0.3 is 5.96 Å². The van der Waals surface area contributed by atoms with Crippen LogP contribution in [0.25, 0.3) is 11.0 Å². The van der Waals surface area contributed by atoms with Crippen LogP contribution in [-0.4, -0.2) is 52.1 Å². The second kappa shape index (κ2) is 9.99. The van der Waals surface area contributed by atoms with Gasteiger partial charge in [0.2, 0.25) is 15.8 Å². The normalized spacial score (nSPS) is 14.1. The summed E-state index contributed by atoms with van der Waals surface area (Å²) in [7, 11) is -3.88. The van der Waals surface area contributed by atoms with Gasteiger partial charge < -0.3 is 10.4 Å². The lowest BCUT2D eigenvalue weighted by Gasteiger charge is -2.14. The standard InChI is InChI=1S/C23H22F2N8O3S/c1-4-7-37(35,36)32-17-6-5-16(24)19(20(17)25)21(34)15-10-28-22-14(15)8-13(9-27-22)18(11(2)26)12(3)29-23-30-33-31-23/h5-6,8-10,18,26,32H,4,7H2,1-3H3,(H,27,28,34)/p+1. The molecule has 37 heavy (non-hydrogen) atoms. The van der Waals surface area contributed by atoms with E-state index < -0.39 is 44.6 Å². The molecule has 3 heterocycles. The summed E-state index contributed by atoms with van der Waals surface area (Å²) in [6, 6.07) is 3.35. The number of halogens is 2. The Morgan fingerprint density at radius 2 is 2.03 bits per heavy atom. The maximum atomic E-state index is 15.2. The fourth-order valence-electron chi connectivity index (χ4n) is 4.00. The fourth-order valence-corrected chi connectivity index (χ4v) is 5.14. The van der Waals surface area contributed by atoms with E-state index in [4.69, 9.17) is 5.41 Å². The SMILES string of the molecule is CCCS(=O)(=O)Nc1ccc(F)c(C(=O)c2c[nH]c3ncc(C(C(C)=N)C(C)=NC4=[N+]=NN4)cc23)c1F. The molecule has 2 aromatic heterocycles. The van der Waals surface area contributed by atoms with Gasteiger partial charge in [-0.1, -0.05) is 11.9 Å². The minimum absolute atomic E-state index is 0.0736. The highest BCUT2D eigenvalue weighted by molar-refractivity contribution is 7.92. The van der Waals surface area contributed by atoms with Crippen LogP contribution in [0.2, 0.25) is 0 Å². The molecule has 0 amide bonds. The fraction of sp³-hybridized carbons (Fsp3) is 0.261. The summed E-state index contributed by atoms with van der Waals surface area (Å²) >= 11 is 0. The van der Waals surface area contributed by atoms with Gasteiger partial charge in [-0.25, -0.2) is 22.2 Å². The van der Waals surface area contributed by atoms with E-state index in [2.05, 4.69) is 35.1 Å². The summed E-state index contributed by atoms with van der Waals surface area (Å²) in [4.78, 5) is 28.5. The molecule has 0 bridgehead atoms. The Hall–Kier alpha value is -4.29. The number of hydrogen-bond acceptors (Lipinski definition) is 8. The van der Waals surface area contributed by atoms with Crippen molar-refractivity contribution in [2.45, 2.75) is 33.1 Å². The molecule has 0 fully saturated rings. The van der Waals surface area contributed by atoms with E-state index in [9.17, 15) is 17.6 Å². The number of carbonyl (C=O) groups is 1. The van der Waals surface area contributed by atoms with Crippen molar-refractivity contribution in [3.8, 4) is 0 Å². The van der Waals surface area contributed by atoms with Crippen LogP contribution in [-0.2, 0) is 10.0 Å². The van der Waals surface area contributed by atoms with Crippen LogP contribution < -0.4 is 10.1 Å². The third-order valence-corrected chi connectivity index (χ3v) is 7.09. The number of aromatic nitrogens is 2. The van der Waals surface area contributed by atoms with E-state index in [1.165, 1.54) is 12.4 Å². The van der Waals surface area contributed by atoms with Crippen molar-refractivity contribution in [2.75, 3.05) is 10.5 Å². The van der Waals surface area contributed by atoms with Crippen molar-refractivity contribution in [3.05, 3.63) is 58.9 Å². The Bertz CT molecular complexity index is 1640. The lowest BCUT2D eigenvalue weighted by atomic mass is 9.90. The highest BCUT2D eigenvalue weighted by Gasteiger charge is 2.28. The van der Waals surface area contributed by atoms with Crippen LogP contribution in [0.4, 0.5) is 14.5 Å². The number of benzene rings is 1. The number of aromatic amines is 1. The molecule has 0 saturated carbocycles. The maximum Gasteiger partial charge on any atom is 0.482 e. The number of fused-ring (bicyclic) bond motifs is 1. The first kappa shape index (κ1) is 25.8. The molecular formula is C23H23F2N8O3S+. The molecule has 14 heteroatoms. The predicted molar refractivity (Wildman–Crippen MR) is 134 cm³/mol. The Morgan fingerprint density at radius 3 is 2.65 bits per heavy atom. The zero-order chi connectivity index (χ0) is 26.9. The van der Waals surface area contributed by atoms with E-state index in [1.54, 1.807) is 26.8 Å². The molecule has 1 aliphatic rings. The summed E-state index contributed by atoms with van der Waals surface area (Å²) in [5.41, 5.74) is 2.63. The third-order valence-electron chi connectivity index (χ3n) is 5.61. The number of pyridine rings is 1. The summed E-state index contributed by atoms with van der Waals surface area (Å²) in [5.74, 6) is -4.05.